The maximum Gasteiger partial charge on any atom is 0.250 e. The molecule has 2 N–H and O–H groups in total. The van der Waals surface area contributed by atoms with Crippen LogP contribution in [0.3, 0.4) is 0 Å². The summed E-state index contributed by atoms with van der Waals surface area (Å²) in [5, 5.41) is 0. The van der Waals surface area contributed by atoms with E-state index in [0.717, 1.165) is 24.0 Å². The van der Waals surface area contributed by atoms with Crippen molar-refractivity contribution in [3.63, 3.8) is 0 Å². The molecule has 0 radical (unpaired) electrons. The van der Waals surface area contributed by atoms with Gasteiger partial charge in [-0.1, -0.05) is 132 Å². The van der Waals surface area contributed by atoms with Crippen LogP contribution in [0.4, 0.5) is 0 Å². The van der Waals surface area contributed by atoms with E-state index < -0.39 is 5.92 Å². The Kier molecular flexibility index (Phi) is 12.9. The molecular formula is C28H40N2O2. The van der Waals surface area contributed by atoms with Crippen LogP contribution in [0.5, 0.6) is 0 Å². The minimum Gasteiger partial charge on any atom is -0.273 e. The molecule has 2 rings (SSSR count). The zero-order valence-corrected chi connectivity index (χ0v) is 19.7. The van der Waals surface area contributed by atoms with E-state index in [0.29, 0.717) is 6.42 Å². The molecule has 0 aliphatic rings. The first-order valence-corrected chi connectivity index (χ1v) is 12.4. The van der Waals surface area contributed by atoms with E-state index in [9.17, 15) is 9.59 Å². The number of hydrogen-bond acceptors (Lipinski definition) is 2. The number of unbranched alkanes of at least 4 members (excludes halogenated alkanes) is 10. The van der Waals surface area contributed by atoms with Crippen molar-refractivity contribution in [2.75, 3.05) is 0 Å². The lowest BCUT2D eigenvalue weighted by Gasteiger charge is -2.18. The molecule has 4 heteroatoms. The van der Waals surface area contributed by atoms with Crippen LogP contribution in [-0.2, 0) is 9.59 Å². The number of hydrazine groups is 1. The van der Waals surface area contributed by atoms with Gasteiger partial charge in [0, 0.05) is 6.42 Å². The third-order valence-electron chi connectivity index (χ3n) is 5.86. The molecule has 32 heavy (non-hydrogen) atoms. The fourth-order valence-corrected chi connectivity index (χ4v) is 4.00. The number of rotatable bonds is 15. The molecule has 0 saturated carbocycles. The number of carbonyl (C=O) groups is 2. The normalized spacial score (nSPS) is 10.8. The van der Waals surface area contributed by atoms with E-state index in [1.807, 2.05) is 60.7 Å². The van der Waals surface area contributed by atoms with Crippen LogP contribution in [0.15, 0.2) is 60.7 Å². The Bertz CT molecular complexity index is 722. The van der Waals surface area contributed by atoms with Gasteiger partial charge in [-0.05, 0) is 17.5 Å². The fourth-order valence-electron chi connectivity index (χ4n) is 4.00. The van der Waals surface area contributed by atoms with Crippen molar-refractivity contribution in [3.8, 4) is 0 Å². The first-order chi connectivity index (χ1) is 15.7. The van der Waals surface area contributed by atoms with E-state index in [1.54, 1.807) is 0 Å². The van der Waals surface area contributed by atoms with Crippen molar-refractivity contribution in [1.82, 2.24) is 10.9 Å². The van der Waals surface area contributed by atoms with Crippen LogP contribution in [0.1, 0.15) is 101 Å². The lowest BCUT2D eigenvalue weighted by molar-refractivity contribution is -0.129. The summed E-state index contributed by atoms with van der Waals surface area (Å²) in [6, 6.07) is 19.3. The summed E-state index contributed by atoms with van der Waals surface area (Å²) in [7, 11) is 0. The molecule has 0 aliphatic carbocycles. The Morgan fingerprint density at radius 3 is 1.53 bits per heavy atom. The molecule has 0 heterocycles. The summed E-state index contributed by atoms with van der Waals surface area (Å²) < 4.78 is 0. The average molecular weight is 437 g/mol. The van der Waals surface area contributed by atoms with Gasteiger partial charge in [-0.2, -0.15) is 0 Å². The van der Waals surface area contributed by atoms with E-state index in [2.05, 4.69) is 17.8 Å². The molecule has 0 unspecified atom stereocenters. The maximum absolute atomic E-state index is 12.9. The van der Waals surface area contributed by atoms with E-state index >= 15 is 0 Å². The molecule has 4 nitrogen and oxygen atoms in total. The standard InChI is InChI=1S/C28H40N2O2/c1-2-3-4-5-6-7-8-9-10-11-18-23-26(31)29-30-28(32)27(24-19-14-12-15-20-24)25-21-16-13-17-22-25/h12-17,19-22,27H,2-11,18,23H2,1H3,(H,29,31)(H,30,32). The Hall–Kier alpha value is -2.62. The fraction of sp³-hybridized carbons (Fsp3) is 0.500. The van der Waals surface area contributed by atoms with Crippen LogP contribution in [0, 0.1) is 0 Å². The zero-order chi connectivity index (χ0) is 22.9. The second-order valence-electron chi connectivity index (χ2n) is 8.58. The molecular weight excluding hydrogens is 396 g/mol. The van der Waals surface area contributed by atoms with Crippen LogP contribution < -0.4 is 10.9 Å². The first-order valence-electron chi connectivity index (χ1n) is 12.4. The van der Waals surface area contributed by atoms with Gasteiger partial charge in [-0.15, -0.1) is 0 Å². The van der Waals surface area contributed by atoms with Crippen LogP contribution in [-0.4, -0.2) is 11.8 Å². The quantitative estimate of drug-likeness (QED) is 0.242. The summed E-state index contributed by atoms with van der Waals surface area (Å²) in [5.41, 5.74) is 7.03. The highest BCUT2D eigenvalue weighted by atomic mass is 16.2. The molecule has 2 aromatic carbocycles. The molecule has 2 aromatic rings. The molecule has 0 saturated heterocycles. The van der Waals surface area contributed by atoms with Crippen LogP contribution in [0.25, 0.3) is 0 Å². The van der Waals surface area contributed by atoms with Gasteiger partial charge < -0.3 is 0 Å². The highest BCUT2D eigenvalue weighted by Gasteiger charge is 2.22. The van der Waals surface area contributed by atoms with Crippen LogP contribution >= 0.6 is 0 Å². The first kappa shape index (κ1) is 25.6. The zero-order valence-electron chi connectivity index (χ0n) is 19.7. The SMILES string of the molecule is CCCCCCCCCCCCCC(=O)NNC(=O)C(c1ccccc1)c1ccccc1. The Morgan fingerprint density at radius 1 is 0.625 bits per heavy atom. The van der Waals surface area contributed by atoms with Gasteiger partial charge >= 0.3 is 0 Å². The molecule has 0 fully saturated rings. The molecule has 0 bridgehead atoms. The molecule has 0 spiro atoms. The van der Waals surface area contributed by atoms with Crippen molar-refractivity contribution in [3.05, 3.63) is 71.8 Å². The summed E-state index contributed by atoms with van der Waals surface area (Å²) in [6.07, 6.45) is 14.2. The minimum atomic E-state index is -0.459. The number of hydrogen-bond donors (Lipinski definition) is 2. The Labute approximate surface area is 194 Å². The molecule has 0 aliphatic heterocycles. The van der Waals surface area contributed by atoms with Gasteiger partial charge in [-0.3, -0.25) is 20.4 Å². The number of amides is 2. The number of carbonyl (C=O) groups excluding carboxylic acids is 2. The van der Waals surface area contributed by atoms with Crippen molar-refractivity contribution in [2.45, 2.75) is 89.9 Å². The van der Waals surface area contributed by atoms with Crippen molar-refractivity contribution in [1.29, 1.82) is 0 Å². The lowest BCUT2D eigenvalue weighted by Crippen LogP contribution is -2.44. The van der Waals surface area contributed by atoms with Gasteiger partial charge in [0.1, 0.15) is 0 Å². The number of nitrogens with one attached hydrogen (secondary N) is 2. The monoisotopic (exact) mass is 436 g/mol. The van der Waals surface area contributed by atoms with Gasteiger partial charge in [0.15, 0.2) is 0 Å². The predicted molar refractivity (Wildman–Crippen MR) is 132 cm³/mol. The lowest BCUT2D eigenvalue weighted by atomic mass is 9.91. The smallest absolute Gasteiger partial charge is 0.250 e. The molecule has 0 aromatic heterocycles. The van der Waals surface area contributed by atoms with E-state index in [1.165, 1.54) is 57.8 Å². The predicted octanol–water partition coefficient (Wildman–Crippen LogP) is 6.67. The minimum absolute atomic E-state index is 0.130. The van der Waals surface area contributed by atoms with E-state index in [-0.39, 0.29) is 11.8 Å². The second kappa shape index (κ2) is 16.1. The molecule has 0 atom stereocenters. The van der Waals surface area contributed by atoms with Gasteiger partial charge in [0.25, 0.3) is 0 Å². The largest absolute Gasteiger partial charge is 0.273 e. The van der Waals surface area contributed by atoms with E-state index in [4.69, 9.17) is 0 Å². The van der Waals surface area contributed by atoms with Crippen LogP contribution in [0.2, 0.25) is 0 Å². The highest BCUT2D eigenvalue weighted by Crippen LogP contribution is 2.24. The number of benzene rings is 2. The van der Waals surface area contributed by atoms with Gasteiger partial charge in [-0.25, -0.2) is 0 Å². The summed E-state index contributed by atoms with van der Waals surface area (Å²) in [6.45, 7) is 2.25. The summed E-state index contributed by atoms with van der Waals surface area (Å²) in [4.78, 5) is 25.1. The molecule has 2 amide bonds. The van der Waals surface area contributed by atoms with Gasteiger partial charge in [0.2, 0.25) is 11.8 Å². The third kappa shape index (κ3) is 10.1. The summed E-state index contributed by atoms with van der Waals surface area (Å²) in [5.74, 6) is -0.816. The third-order valence-corrected chi connectivity index (χ3v) is 5.86. The Morgan fingerprint density at radius 2 is 1.06 bits per heavy atom. The highest BCUT2D eigenvalue weighted by molar-refractivity contribution is 5.89. The van der Waals surface area contributed by atoms with Crippen molar-refractivity contribution < 1.29 is 9.59 Å². The Balaban J connectivity index is 1.63. The van der Waals surface area contributed by atoms with Crippen molar-refractivity contribution >= 4 is 11.8 Å². The maximum atomic E-state index is 12.9. The molecule has 174 valence electrons. The van der Waals surface area contributed by atoms with Crippen molar-refractivity contribution in [2.24, 2.45) is 0 Å². The van der Waals surface area contributed by atoms with Gasteiger partial charge in [0.05, 0.1) is 5.92 Å². The summed E-state index contributed by atoms with van der Waals surface area (Å²) >= 11 is 0. The second-order valence-corrected chi connectivity index (χ2v) is 8.58. The average Bonchev–Trinajstić information content (AvgIpc) is 2.83. The topological polar surface area (TPSA) is 58.2 Å².